The Morgan fingerprint density at radius 3 is 2.64 bits per heavy atom. The fourth-order valence-electron chi connectivity index (χ4n) is 4.87. The van der Waals surface area contributed by atoms with Crippen molar-refractivity contribution in [2.75, 3.05) is 7.11 Å². The minimum absolute atomic E-state index is 0.0281. The fourth-order valence-corrected chi connectivity index (χ4v) is 4.87. The number of allylic oxidation sites excluding steroid dienone is 1. The highest BCUT2D eigenvalue weighted by atomic mass is 16.5. The van der Waals surface area contributed by atoms with E-state index < -0.39 is 0 Å². The third-order valence-corrected chi connectivity index (χ3v) is 6.01. The lowest BCUT2D eigenvalue weighted by atomic mass is 9.61. The van der Waals surface area contributed by atoms with Crippen LogP contribution in [0.3, 0.4) is 0 Å². The summed E-state index contributed by atoms with van der Waals surface area (Å²) in [6, 6.07) is 6.43. The first-order valence-electron chi connectivity index (χ1n) is 9.25. The predicted octanol–water partition coefficient (Wildman–Crippen LogP) is 4.30. The van der Waals surface area contributed by atoms with Gasteiger partial charge < -0.3 is 9.84 Å². The van der Waals surface area contributed by atoms with Crippen LogP contribution in [0, 0.1) is 31.1 Å². The van der Waals surface area contributed by atoms with Gasteiger partial charge in [0.05, 0.1) is 19.1 Å². The first-order valence-corrected chi connectivity index (χ1v) is 9.25. The van der Waals surface area contributed by atoms with Crippen LogP contribution in [0.5, 0.6) is 0 Å². The van der Waals surface area contributed by atoms with Gasteiger partial charge in [-0.15, -0.1) is 0 Å². The van der Waals surface area contributed by atoms with E-state index in [1.807, 2.05) is 0 Å². The monoisotopic (exact) mass is 342 g/mol. The van der Waals surface area contributed by atoms with Gasteiger partial charge >= 0.3 is 5.97 Å². The number of esters is 1. The molecule has 2 aliphatic carbocycles. The van der Waals surface area contributed by atoms with Crippen LogP contribution in [0.1, 0.15) is 55.7 Å². The van der Waals surface area contributed by atoms with E-state index in [1.165, 1.54) is 29.4 Å². The molecular formula is C22H30O3. The van der Waals surface area contributed by atoms with Crippen LogP contribution in [0.4, 0.5) is 0 Å². The quantitative estimate of drug-likeness (QED) is 0.644. The number of fused-ring (bicyclic) bond motifs is 1. The second-order valence-electron chi connectivity index (χ2n) is 8.71. The van der Waals surface area contributed by atoms with Crippen LogP contribution in [-0.4, -0.2) is 24.3 Å². The van der Waals surface area contributed by atoms with Crippen LogP contribution < -0.4 is 0 Å². The molecule has 1 N–H and O–H groups in total. The van der Waals surface area contributed by atoms with E-state index in [4.69, 9.17) is 4.74 Å². The summed E-state index contributed by atoms with van der Waals surface area (Å²) in [5.41, 5.74) is 5.06. The van der Waals surface area contributed by atoms with Gasteiger partial charge in [0.1, 0.15) is 0 Å². The lowest BCUT2D eigenvalue weighted by Gasteiger charge is -2.45. The zero-order chi connectivity index (χ0) is 18.4. The Morgan fingerprint density at radius 1 is 1.28 bits per heavy atom. The number of aryl methyl sites for hydroxylation is 2. The maximum Gasteiger partial charge on any atom is 0.309 e. The number of aliphatic hydroxyl groups excluding tert-OH is 1. The molecule has 0 saturated heterocycles. The summed E-state index contributed by atoms with van der Waals surface area (Å²) < 4.78 is 5.11. The second kappa shape index (κ2) is 6.60. The number of carbonyl (C=O) groups excluding carboxylic acids is 1. The molecule has 1 aromatic rings. The lowest BCUT2D eigenvalue weighted by molar-refractivity contribution is -0.147. The number of aliphatic hydroxyl groups is 1. The molecule has 3 rings (SSSR count). The van der Waals surface area contributed by atoms with E-state index in [0.29, 0.717) is 6.42 Å². The average molecular weight is 342 g/mol. The Kier molecular flexibility index (Phi) is 4.80. The molecule has 1 fully saturated rings. The summed E-state index contributed by atoms with van der Waals surface area (Å²) in [6.45, 7) is 8.63. The van der Waals surface area contributed by atoms with Crippen molar-refractivity contribution < 1.29 is 14.6 Å². The third kappa shape index (κ3) is 3.52. The molecule has 1 saturated carbocycles. The van der Waals surface area contributed by atoms with E-state index in [9.17, 15) is 9.90 Å². The molecule has 3 nitrogen and oxygen atoms in total. The van der Waals surface area contributed by atoms with Crippen molar-refractivity contribution >= 4 is 5.97 Å². The molecule has 0 spiro atoms. The number of methoxy groups -OCH3 is 1. The summed E-state index contributed by atoms with van der Waals surface area (Å²) in [4.78, 5) is 12.5. The maximum absolute atomic E-state index is 12.5. The summed E-state index contributed by atoms with van der Waals surface area (Å²) in [6.07, 6.45) is 4.34. The fraction of sp³-hybridized carbons (Fsp3) is 0.591. The number of benzene rings is 1. The molecule has 0 aliphatic heterocycles. The molecule has 2 aliphatic rings. The van der Waals surface area contributed by atoms with Gasteiger partial charge in [-0.3, -0.25) is 4.79 Å². The number of hydrogen-bond donors (Lipinski definition) is 1. The first-order chi connectivity index (χ1) is 11.7. The van der Waals surface area contributed by atoms with Crippen molar-refractivity contribution in [1.82, 2.24) is 0 Å². The van der Waals surface area contributed by atoms with E-state index in [1.54, 1.807) is 0 Å². The Morgan fingerprint density at radius 2 is 2.00 bits per heavy atom. The summed E-state index contributed by atoms with van der Waals surface area (Å²) >= 11 is 0. The van der Waals surface area contributed by atoms with Gasteiger partial charge in [-0.05, 0) is 49.7 Å². The topological polar surface area (TPSA) is 46.5 Å². The molecule has 136 valence electrons. The molecule has 0 aromatic heterocycles. The Bertz CT molecular complexity index is 701. The van der Waals surface area contributed by atoms with Gasteiger partial charge in [-0.1, -0.05) is 49.3 Å². The zero-order valence-corrected chi connectivity index (χ0v) is 16.0. The first kappa shape index (κ1) is 18.2. The van der Waals surface area contributed by atoms with Gasteiger partial charge in [0, 0.05) is 11.8 Å². The van der Waals surface area contributed by atoms with E-state index in [0.717, 1.165) is 12.8 Å². The van der Waals surface area contributed by atoms with Gasteiger partial charge in [0.2, 0.25) is 0 Å². The van der Waals surface area contributed by atoms with Crippen molar-refractivity contribution in [2.45, 2.75) is 59.0 Å². The minimum atomic E-state index is -0.373. The van der Waals surface area contributed by atoms with Crippen molar-refractivity contribution in [3.63, 3.8) is 0 Å². The van der Waals surface area contributed by atoms with Gasteiger partial charge in [0.25, 0.3) is 0 Å². The highest BCUT2D eigenvalue weighted by Crippen LogP contribution is 2.50. The van der Waals surface area contributed by atoms with Crippen molar-refractivity contribution in [2.24, 2.45) is 17.3 Å². The summed E-state index contributed by atoms with van der Waals surface area (Å²) in [7, 11) is 1.46. The SMILES string of the molecule is COC(=O)[C@H]1C[C@@H]2C(=C[C@H]1c1ccc(C)cc1C)CC(C)(C)C[C@@H]2O. The van der Waals surface area contributed by atoms with Crippen LogP contribution in [0.25, 0.3) is 0 Å². The number of carbonyl (C=O) groups is 1. The largest absolute Gasteiger partial charge is 0.469 e. The molecule has 3 heteroatoms. The minimum Gasteiger partial charge on any atom is -0.469 e. The molecule has 0 unspecified atom stereocenters. The predicted molar refractivity (Wildman–Crippen MR) is 99.4 cm³/mol. The molecule has 25 heavy (non-hydrogen) atoms. The van der Waals surface area contributed by atoms with Gasteiger partial charge in [0.15, 0.2) is 0 Å². The van der Waals surface area contributed by atoms with Crippen molar-refractivity contribution in [3.05, 3.63) is 46.5 Å². The number of rotatable bonds is 2. The zero-order valence-electron chi connectivity index (χ0n) is 16.0. The maximum atomic E-state index is 12.5. The Balaban J connectivity index is 2.06. The summed E-state index contributed by atoms with van der Waals surface area (Å²) in [5.74, 6) is -0.284. The highest BCUT2D eigenvalue weighted by Gasteiger charge is 2.44. The number of ether oxygens (including phenoxy) is 1. The lowest BCUT2D eigenvalue weighted by Crippen LogP contribution is -2.41. The molecule has 0 radical (unpaired) electrons. The molecule has 0 amide bonds. The van der Waals surface area contributed by atoms with Crippen LogP contribution >= 0.6 is 0 Å². The van der Waals surface area contributed by atoms with Gasteiger partial charge in [-0.2, -0.15) is 0 Å². The molecular weight excluding hydrogens is 312 g/mol. The smallest absolute Gasteiger partial charge is 0.309 e. The second-order valence-corrected chi connectivity index (χ2v) is 8.71. The highest BCUT2D eigenvalue weighted by molar-refractivity contribution is 5.75. The van der Waals surface area contributed by atoms with Crippen LogP contribution in [0.2, 0.25) is 0 Å². The van der Waals surface area contributed by atoms with Crippen LogP contribution in [0.15, 0.2) is 29.8 Å². The third-order valence-electron chi connectivity index (χ3n) is 6.01. The molecule has 0 bridgehead atoms. The van der Waals surface area contributed by atoms with Crippen molar-refractivity contribution in [1.29, 1.82) is 0 Å². The summed E-state index contributed by atoms with van der Waals surface area (Å²) in [5, 5.41) is 10.7. The standard InChI is InChI=1S/C22H30O3/c1-13-6-7-16(14(2)8-13)18-9-15-11-22(3,4)12-20(23)17(15)10-19(18)21(24)25-5/h6-9,17-20,23H,10-12H2,1-5H3/t17-,18+,19+,20+/m1/s1. The number of hydrogen-bond acceptors (Lipinski definition) is 3. The molecule has 4 atom stereocenters. The van der Waals surface area contributed by atoms with E-state index >= 15 is 0 Å². The van der Waals surface area contributed by atoms with Crippen molar-refractivity contribution in [3.8, 4) is 0 Å². The van der Waals surface area contributed by atoms with Crippen LogP contribution in [-0.2, 0) is 9.53 Å². The molecule has 0 heterocycles. The average Bonchev–Trinajstić information content (AvgIpc) is 2.52. The van der Waals surface area contributed by atoms with E-state index in [2.05, 4.69) is 52.0 Å². The molecule has 1 aromatic carbocycles. The normalized spacial score (nSPS) is 31.0. The van der Waals surface area contributed by atoms with E-state index in [-0.39, 0.29) is 35.2 Å². The Labute approximate surface area is 151 Å². The van der Waals surface area contributed by atoms with Gasteiger partial charge in [-0.25, -0.2) is 0 Å². The Hall–Kier alpha value is -1.61.